The Morgan fingerprint density at radius 2 is 1.95 bits per heavy atom. The van der Waals surface area contributed by atoms with Crippen molar-refractivity contribution in [3.63, 3.8) is 0 Å². The lowest BCUT2D eigenvalue weighted by Crippen LogP contribution is -2.35. The second kappa shape index (κ2) is 13.3. The third-order valence-corrected chi connectivity index (χ3v) is 7.63. The van der Waals surface area contributed by atoms with Gasteiger partial charge < -0.3 is 14.6 Å². The Kier molecular flexibility index (Phi) is 9.28. The highest BCUT2D eigenvalue weighted by Gasteiger charge is 2.30. The van der Waals surface area contributed by atoms with Crippen LogP contribution in [0.2, 0.25) is 0 Å². The number of amides is 2. The molecule has 2 amide bonds. The molecule has 1 fully saturated rings. The molecule has 4 heterocycles. The maximum absolute atomic E-state index is 13.9. The summed E-state index contributed by atoms with van der Waals surface area (Å²) >= 11 is 0. The molecule has 0 bridgehead atoms. The van der Waals surface area contributed by atoms with E-state index >= 15 is 0 Å². The number of nitrogens with one attached hydrogen (secondary N) is 2. The first-order valence-electron chi connectivity index (χ1n) is 14.4. The Morgan fingerprint density at radius 1 is 1.14 bits per heavy atom. The minimum Gasteiger partial charge on any atom is -0.383 e. The van der Waals surface area contributed by atoms with E-state index in [4.69, 9.17) is 4.74 Å². The van der Waals surface area contributed by atoms with Gasteiger partial charge in [0, 0.05) is 44.8 Å². The fourth-order valence-corrected chi connectivity index (χ4v) is 5.45. The number of fused-ring (bicyclic) bond motifs is 1. The molecule has 0 radical (unpaired) electrons. The molecule has 14 heteroatoms. The van der Waals surface area contributed by atoms with Crippen LogP contribution in [0.1, 0.15) is 60.4 Å². The van der Waals surface area contributed by atoms with Gasteiger partial charge in [-0.15, -0.1) is 0 Å². The van der Waals surface area contributed by atoms with Gasteiger partial charge in [0.15, 0.2) is 17.3 Å². The molecular formula is C30H33F2N7O5. The topological polar surface area (TPSA) is 146 Å². The summed E-state index contributed by atoms with van der Waals surface area (Å²) in [7, 11) is 1.48. The van der Waals surface area contributed by atoms with Crippen molar-refractivity contribution in [2.45, 2.75) is 51.6 Å². The van der Waals surface area contributed by atoms with Gasteiger partial charge in [-0.2, -0.15) is 0 Å². The molecule has 3 aromatic heterocycles. The third kappa shape index (κ3) is 6.30. The summed E-state index contributed by atoms with van der Waals surface area (Å²) in [6.45, 7) is 3.18. The molecule has 1 saturated heterocycles. The van der Waals surface area contributed by atoms with Crippen LogP contribution >= 0.6 is 0 Å². The summed E-state index contributed by atoms with van der Waals surface area (Å²) < 4.78 is 33.9. The van der Waals surface area contributed by atoms with Crippen LogP contribution in [0, 0.1) is 11.6 Å². The number of aromatic amines is 2. The summed E-state index contributed by atoms with van der Waals surface area (Å²) in [4.78, 5) is 68.4. The number of anilines is 1. The number of carbonyl (C=O) groups excluding carboxylic acids is 2. The standard InChI is InChI=1S/C30H33F2N7O5/c1-3-12-39-27-26(28(41)36-30(39)43)34-23(35-27)10-9-22(37-13-4-5-25(37)40)19-7-11-24(33-17-19)38(14-15-44-2)29(42)18-6-8-20(31)21(32)16-18/h6-8,11,16-17,22H,3-5,9-10,12-15H2,1-2H3,(H,34,35)(H,36,41,43)/t22-/m0/s1. The second-order valence-electron chi connectivity index (χ2n) is 10.6. The molecule has 12 nitrogen and oxygen atoms in total. The van der Waals surface area contributed by atoms with Gasteiger partial charge in [-0.25, -0.2) is 23.5 Å². The molecule has 0 spiro atoms. The number of aryl methyl sites for hydroxylation is 2. The molecule has 1 aliphatic rings. The van der Waals surface area contributed by atoms with E-state index in [0.717, 1.165) is 24.1 Å². The second-order valence-corrected chi connectivity index (χ2v) is 10.6. The number of hydrogen-bond donors (Lipinski definition) is 2. The number of H-pyrrole nitrogens is 2. The third-order valence-electron chi connectivity index (χ3n) is 7.63. The maximum Gasteiger partial charge on any atom is 0.330 e. The van der Waals surface area contributed by atoms with E-state index in [-0.39, 0.29) is 47.6 Å². The first-order chi connectivity index (χ1) is 21.2. The molecule has 1 atom stereocenters. The van der Waals surface area contributed by atoms with Crippen molar-refractivity contribution < 1.29 is 23.1 Å². The van der Waals surface area contributed by atoms with E-state index in [0.29, 0.717) is 44.6 Å². The van der Waals surface area contributed by atoms with Crippen molar-refractivity contribution in [2.75, 3.05) is 31.7 Å². The van der Waals surface area contributed by atoms with Gasteiger partial charge in [0.2, 0.25) is 5.91 Å². The van der Waals surface area contributed by atoms with Crippen LogP contribution in [0.4, 0.5) is 14.6 Å². The molecule has 0 aliphatic carbocycles. The Labute approximate surface area is 250 Å². The number of rotatable bonds is 12. The van der Waals surface area contributed by atoms with Crippen molar-refractivity contribution in [2.24, 2.45) is 0 Å². The number of nitrogens with zero attached hydrogens (tertiary/aromatic N) is 5. The van der Waals surface area contributed by atoms with Gasteiger partial charge in [0.25, 0.3) is 11.5 Å². The monoisotopic (exact) mass is 609 g/mol. The van der Waals surface area contributed by atoms with E-state index in [9.17, 15) is 28.0 Å². The summed E-state index contributed by atoms with van der Waals surface area (Å²) in [6, 6.07) is 5.99. The molecule has 1 aliphatic heterocycles. The van der Waals surface area contributed by atoms with E-state index in [1.54, 1.807) is 23.2 Å². The Balaban J connectivity index is 1.42. The summed E-state index contributed by atoms with van der Waals surface area (Å²) in [5.74, 6) is -1.98. The van der Waals surface area contributed by atoms with E-state index < -0.39 is 28.8 Å². The van der Waals surface area contributed by atoms with Crippen LogP contribution in [0.15, 0.2) is 46.1 Å². The minimum absolute atomic E-state index is 0.00662. The van der Waals surface area contributed by atoms with Crippen LogP contribution in [0.5, 0.6) is 0 Å². The molecule has 4 aromatic rings. The first-order valence-corrected chi connectivity index (χ1v) is 14.4. The average Bonchev–Trinajstić information content (AvgIpc) is 3.64. The van der Waals surface area contributed by atoms with Gasteiger partial charge in [-0.1, -0.05) is 13.0 Å². The summed E-state index contributed by atoms with van der Waals surface area (Å²) in [5.41, 5.74) is 0.134. The van der Waals surface area contributed by atoms with E-state index in [2.05, 4.69) is 19.9 Å². The smallest absolute Gasteiger partial charge is 0.330 e. The van der Waals surface area contributed by atoms with Crippen molar-refractivity contribution in [1.29, 1.82) is 0 Å². The quantitative estimate of drug-likeness (QED) is 0.251. The minimum atomic E-state index is -1.13. The van der Waals surface area contributed by atoms with E-state index in [1.807, 2.05) is 6.92 Å². The highest BCUT2D eigenvalue weighted by Crippen LogP contribution is 2.31. The number of imidazole rings is 1. The van der Waals surface area contributed by atoms with Crippen molar-refractivity contribution >= 4 is 28.8 Å². The molecule has 2 N–H and O–H groups in total. The lowest BCUT2D eigenvalue weighted by molar-refractivity contribution is -0.130. The molecule has 0 saturated carbocycles. The zero-order chi connectivity index (χ0) is 31.4. The van der Waals surface area contributed by atoms with Crippen molar-refractivity contribution in [3.8, 4) is 0 Å². The normalized spacial score (nSPS) is 14.0. The molecule has 1 aromatic carbocycles. The van der Waals surface area contributed by atoms with Crippen molar-refractivity contribution in [1.82, 2.24) is 29.4 Å². The van der Waals surface area contributed by atoms with E-state index in [1.165, 1.54) is 22.6 Å². The fraction of sp³-hybridized carbons (Fsp3) is 0.400. The Morgan fingerprint density at radius 3 is 2.61 bits per heavy atom. The van der Waals surface area contributed by atoms with Gasteiger partial charge in [0.1, 0.15) is 17.2 Å². The van der Waals surface area contributed by atoms with Gasteiger partial charge in [-0.05, 0) is 49.1 Å². The number of aromatic nitrogens is 5. The zero-order valence-corrected chi connectivity index (χ0v) is 24.4. The first kappa shape index (κ1) is 30.7. The summed E-state index contributed by atoms with van der Waals surface area (Å²) in [5, 5.41) is 0. The predicted octanol–water partition coefficient (Wildman–Crippen LogP) is 3.09. The molecule has 0 unspecified atom stereocenters. The number of methoxy groups -OCH3 is 1. The molecule has 44 heavy (non-hydrogen) atoms. The van der Waals surface area contributed by atoms with Crippen LogP contribution in [-0.2, 0) is 22.5 Å². The molecule has 232 valence electrons. The van der Waals surface area contributed by atoms with Gasteiger partial charge in [0.05, 0.1) is 19.2 Å². The fourth-order valence-electron chi connectivity index (χ4n) is 5.45. The number of likely N-dealkylation sites (tertiary alicyclic amines) is 1. The largest absolute Gasteiger partial charge is 0.383 e. The highest BCUT2D eigenvalue weighted by atomic mass is 19.2. The molecular weight excluding hydrogens is 576 g/mol. The number of halogens is 2. The Hall–Kier alpha value is -4.72. The number of pyridine rings is 1. The lowest BCUT2D eigenvalue weighted by atomic mass is 10.0. The number of carbonyl (C=O) groups is 2. The van der Waals surface area contributed by atoms with Crippen LogP contribution in [0.25, 0.3) is 11.2 Å². The SMILES string of the molecule is CCCn1c(=O)[nH]c(=O)c2[nH]c(CC[C@@H](c3ccc(N(CCOC)C(=O)c4ccc(F)c(F)c4)nc3)N3CCCC3=O)nc21. The van der Waals surface area contributed by atoms with Crippen molar-refractivity contribution in [3.05, 3.63) is 86.0 Å². The Bertz CT molecular complexity index is 1780. The molecule has 5 rings (SSSR count). The summed E-state index contributed by atoms with van der Waals surface area (Å²) in [6.07, 6.45) is 4.24. The maximum atomic E-state index is 13.9. The average molecular weight is 610 g/mol. The van der Waals surface area contributed by atoms with Crippen LogP contribution < -0.4 is 16.1 Å². The van der Waals surface area contributed by atoms with Crippen LogP contribution in [-0.4, -0.2) is 68.0 Å². The number of benzene rings is 1. The zero-order valence-electron chi connectivity index (χ0n) is 24.4. The lowest BCUT2D eigenvalue weighted by Gasteiger charge is -2.28. The number of ether oxygens (including phenoxy) is 1. The van der Waals surface area contributed by atoms with Gasteiger partial charge >= 0.3 is 5.69 Å². The van der Waals surface area contributed by atoms with Gasteiger partial charge in [-0.3, -0.25) is 28.8 Å². The predicted molar refractivity (Wildman–Crippen MR) is 157 cm³/mol. The highest BCUT2D eigenvalue weighted by molar-refractivity contribution is 6.05. The van der Waals surface area contributed by atoms with Crippen LogP contribution in [0.3, 0.4) is 0 Å². The number of hydrogen-bond acceptors (Lipinski definition) is 7.